The van der Waals surface area contributed by atoms with Gasteiger partial charge in [0.25, 0.3) is 0 Å². The van der Waals surface area contributed by atoms with Gasteiger partial charge in [-0.15, -0.1) is 6.42 Å². The second-order valence-corrected chi connectivity index (χ2v) is 6.33. The van der Waals surface area contributed by atoms with Gasteiger partial charge in [-0.3, -0.25) is 9.59 Å². The number of hydrogen-bond acceptors (Lipinski definition) is 4. The Hall–Kier alpha value is -2.03. The van der Waals surface area contributed by atoms with Crippen molar-refractivity contribution in [3.63, 3.8) is 0 Å². The fourth-order valence-electron chi connectivity index (χ4n) is 2.38. The summed E-state index contributed by atoms with van der Waals surface area (Å²) in [5, 5.41) is 2.57. The van der Waals surface area contributed by atoms with E-state index >= 15 is 0 Å². The summed E-state index contributed by atoms with van der Waals surface area (Å²) >= 11 is 0. The van der Waals surface area contributed by atoms with Crippen molar-refractivity contribution >= 4 is 17.8 Å². The van der Waals surface area contributed by atoms with E-state index in [1.807, 2.05) is 6.92 Å². The Morgan fingerprint density at radius 1 is 1.50 bits per heavy atom. The van der Waals surface area contributed by atoms with Crippen molar-refractivity contribution in [3.8, 4) is 12.3 Å². The number of carbonyl (C=O) groups excluding carboxylic acids is 3. The van der Waals surface area contributed by atoms with Crippen LogP contribution < -0.4 is 5.32 Å². The third-order valence-corrected chi connectivity index (χ3v) is 3.34. The van der Waals surface area contributed by atoms with Crippen molar-refractivity contribution < 1.29 is 19.1 Å². The summed E-state index contributed by atoms with van der Waals surface area (Å²) in [5.41, 5.74) is -0.614. The van der Waals surface area contributed by atoms with Crippen LogP contribution >= 0.6 is 0 Å². The highest BCUT2D eigenvalue weighted by atomic mass is 16.6. The Morgan fingerprint density at radius 3 is 2.64 bits per heavy atom. The molecule has 1 fully saturated rings. The van der Waals surface area contributed by atoms with Crippen LogP contribution in [-0.4, -0.2) is 47.4 Å². The van der Waals surface area contributed by atoms with Crippen LogP contribution in [0.5, 0.6) is 0 Å². The number of ether oxygens (including phenoxy) is 1. The molecule has 2 amide bonds. The molecule has 6 nitrogen and oxygen atoms in total. The van der Waals surface area contributed by atoms with Gasteiger partial charge in [0.2, 0.25) is 11.8 Å². The van der Waals surface area contributed by atoms with Crippen molar-refractivity contribution in [2.75, 3.05) is 13.1 Å². The normalized spacial score (nSPS) is 19.5. The molecule has 1 heterocycles. The molecule has 0 aromatic carbocycles. The maximum absolute atomic E-state index is 12.2. The van der Waals surface area contributed by atoms with Crippen LogP contribution in [0.1, 0.15) is 40.5 Å². The first-order valence-corrected chi connectivity index (χ1v) is 7.43. The summed E-state index contributed by atoms with van der Waals surface area (Å²) in [6.45, 7) is 7.49. The lowest BCUT2D eigenvalue weighted by Crippen LogP contribution is -2.45. The third kappa shape index (κ3) is 4.76. The van der Waals surface area contributed by atoms with E-state index in [1.54, 1.807) is 20.8 Å². The zero-order chi connectivity index (χ0) is 16.9. The molecule has 1 saturated heterocycles. The summed E-state index contributed by atoms with van der Waals surface area (Å²) in [6.07, 6.45) is 5.63. The van der Waals surface area contributed by atoms with Crippen LogP contribution in [0.3, 0.4) is 0 Å². The van der Waals surface area contributed by atoms with Crippen molar-refractivity contribution in [1.82, 2.24) is 10.2 Å². The predicted octanol–water partition coefficient (Wildman–Crippen LogP) is 0.705. The summed E-state index contributed by atoms with van der Waals surface area (Å²) in [6, 6.07) is -0.655. The van der Waals surface area contributed by atoms with Gasteiger partial charge in [0.1, 0.15) is 11.6 Å². The Kier molecular flexibility index (Phi) is 5.98. The van der Waals surface area contributed by atoms with Gasteiger partial charge in [-0.1, -0.05) is 12.8 Å². The van der Waals surface area contributed by atoms with E-state index in [4.69, 9.17) is 11.2 Å². The van der Waals surface area contributed by atoms with Gasteiger partial charge < -0.3 is 15.0 Å². The zero-order valence-corrected chi connectivity index (χ0v) is 13.6. The molecule has 6 heteroatoms. The molecular formula is C16H24N2O4. The molecule has 0 bridgehead atoms. The number of terminal acetylenes is 1. The quantitative estimate of drug-likeness (QED) is 0.599. The molecule has 0 aromatic heterocycles. The Labute approximate surface area is 131 Å². The average Bonchev–Trinajstić information content (AvgIpc) is 2.77. The Morgan fingerprint density at radius 2 is 2.14 bits per heavy atom. The van der Waals surface area contributed by atoms with Crippen LogP contribution in [0.15, 0.2) is 0 Å². The predicted molar refractivity (Wildman–Crippen MR) is 81.6 cm³/mol. The molecule has 0 saturated carbocycles. The van der Waals surface area contributed by atoms with Gasteiger partial charge >= 0.3 is 5.97 Å². The SMILES string of the molecule is C#CCNC(=O)C1CC(=O)N(C(CC)C(=O)OC(C)(C)C)C1. The van der Waals surface area contributed by atoms with E-state index in [0.717, 1.165) is 0 Å². The average molecular weight is 308 g/mol. The Balaban J connectivity index is 2.74. The smallest absolute Gasteiger partial charge is 0.329 e. The molecule has 0 radical (unpaired) electrons. The molecule has 1 rings (SSSR count). The molecule has 2 atom stereocenters. The minimum Gasteiger partial charge on any atom is -0.458 e. The van der Waals surface area contributed by atoms with Crippen LogP contribution in [0.2, 0.25) is 0 Å². The largest absolute Gasteiger partial charge is 0.458 e. The maximum Gasteiger partial charge on any atom is 0.329 e. The van der Waals surface area contributed by atoms with Crippen molar-refractivity contribution in [1.29, 1.82) is 0 Å². The number of nitrogens with zero attached hydrogens (tertiary/aromatic N) is 1. The van der Waals surface area contributed by atoms with Gasteiger partial charge in [0.15, 0.2) is 0 Å². The number of esters is 1. The van der Waals surface area contributed by atoms with E-state index < -0.39 is 23.5 Å². The molecule has 0 aliphatic carbocycles. The highest BCUT2D eigenvalue weighted by Gasteiger charge is 2.40. The fourth-order valence-corrected chi connectivity index (χ4v) is 2.38. The van der Waals surface area contributed by atoms with Gasteiger partial charge in [-0.2, -0.15) is 0 Å². The monoisotopic (exact) mass is 308 g/mol. The third-order valence-electron chi connectivity index (χ3n) is 3.34. The number of hydrogen-bond donors (Lipinski definition) is 1. The summed E-state index contributed by atoms with van der Waals surface area (Å²) < 4.78 is 5.35. The lowest BCUT2D eigenvalue weighted by atomic mass is 10.1. The highest BCUT2D eigenvalue weighted by Crippen LogP contribution is 2.23. The molecule has 0 spiro atoms. The van der Waals surface area contributed by atoms with Gasteiger partial charge in [-0.05, 0) is 27.2 Å². The summed E-state index contributed by atoms with van der Waals surface area (Å²) in [4.78, 5) is 37.7. The number of likely N-dealkylation sites (tertiary alicyclic amines) is 1. The number of nitrogens with one attached hydrogen (secondary N) is 1. The Bertz CT molecular complexity index is 487. The minimum atomic E-state index is -0.655. The second kappa shape index (κ2) is 7.30. The molecule has 1 aliphatic heterocycles. The van der Waals surface area contributed by atoms with Crippen LogP contribution in [-0.2, 0) is 19.1 Å². The zero-order valence-electron chi connectivity index (χ0n) is 13.6. The van der Waals surface area contributed by atoms with Crippen molar-refractivity contribution in [2.24, 2.45) is 5.92 Å². The molecule has 2 unspecified atom stereocenters. The van der Waals surface area contributed by atoms with Crippen molar-refractivity contribution in [3.05, 3.63) is 0 Å². The topological polar surface area (TPSA) is 75.7 Å². The van der Waals surface area contributed by atoms with Crippen LogP contribution in [0.4, 0.5) is 0 Å². The highest BCUT2D eigenvalue weighted by molar-refractivity contribution is 5.92. The first kappa shape index (κ1) is 18.0. The van der Waals surface area contributed by atoms with Crippen molar-refractivity contribution in [2.45, 2.75) is 52.2 Å². The lowest BCUT2D eigenvalue weighted by molar-refractivity contribution is -0.164. The number of amides is 2. The second-order valence-electron chi connectivity index (χ2n) is 6.33. The molecule has 22 heavy (non-hydrogen) atoms. The maximum atomic E-state index is 12.2. The van der Waals surface area contributed by atoms with Gasteiger partial charge in [0.05, 0.1) is 12.5 Å². The van der Waals surface area contributed by atoms with E-state index in [0.29, 0.717) is 6.42 Å². The van der Waals surface area contributed by atoms with Gasteiger partial charge in [-0.25, -0.2) is 4.79 Å². The van der Waals surface area contributed by atoms with E-state index in [2.05, 4.69) is 11.2 Å². The molecule has 1 aliphatic rings. The van der Waals surface area contributed by atoms with E-state index in [1.165, 1.54) is 4.90 Å². The number of rotatable bonds is 5. The molecule has 122 valence electrons. The fraction of sp³-hybridized carbons (Fsp3) is 0.688. The molecule has 1 N–H and O–H groups in total. The molecule has 0 aromatic rings. The van der Waals surface area contributed by atoms with Gasteiger partial charge in [0, 0.05) is 13.0 Å². The van der Waals surface area contributed by atoms with E-state index in [-0.39, 0.29) is 31.3 Å². The van der Waals surface area contributed by atoms with Crippen LogP contribution in [0, 0.1) is 18.3 Å². The number of carbonyl (C=O) groups is 3. The first-order valence-electron chi connectivity index (χ1n) is 7.43. The molecular weight excluding hydrogens is 284 g/mol. The van der Waals surface area contributed by atoms with Crippen LogP contribution in [0.25, 0.3) is 0 Å². The first-order chi connectivity index (χ1) is 10.2. The summed E-state index contributed by atoms with van der Waals surface area (Å²) in [5.74, 6) is 0.940. The summed E-state index contributed by atoms with van der Waals surface area (Å²) in [7, 11) is 0. The van der Waals surface area contributed by atoms with E-state index in [9.17, 15) is 14.4 Å². The standard InChI is InChI=1S/C16H24N2O4/c1-6-8-17-14(20)11-9-13(19)18(10-11)12(7-2)15(21)22-16(3,4)5/h1,11-12H,7-10H2,2-5H3,(H,17,20). The minimum absolute atomic E-state index is 0.0930. The lowest BCUT2D eigenvalue weighted by Gasteiger charge is -2.29.